The third-order valence-corrected chi connectivity index (χ3v) is 4.64. The predicted molar refractivity (Wildman–Crippen MR) is 86.0 cm³/mol. The van der Waals surface area contributed by atoms with Crippen molar-refractivity contribution in [3.05, 3.63) is 35.7 Å². The molecule has 2 aromatic rings. The normalized spacial score (nSPS) is 13.5. The first kappa shape index (κ1) is 16.2. The summed E-state index contributed by atoms with van der Waals surface area (Å²) in [6, 6.07) is 6.16. The van der Waals surface area contributed by atoms with Gasteiger partial charge in [-0.05, 0) is 30.2 Å². The fourth-order valence-electron chi connectivity index (χ4n) is 2.04. The van der Waals surface area contributed by atoms with E-state index in [-0.39, 0.29) is 10.8 Å². The van der Waals surface area contributed by atoms with Gasteiger partial charge in [0, 0.05) is 31.8 Å². The van der Waals surface area contributed by atoms with Crippen molar-refractivity contribution >= 4 is 27.7 Å². The van der Waals surface area contributed by atoms with Gasteiger partial charge in [-0.15, -0.1) is 0 Å². The molecule has 1 aromatic heterocycles. The number of anilines is 2. The molecule has 1 heterocycles. The topological polar surface area (TPSA) is 96.2 Å². The largest absolute Gasteiger partial charge is 0.346 e. The lowest BCUT2D eigenvalue weighted by Crippen LogP contribution is -2.21. The molecule has 0 saturated heterocycles. The molecule has 22 heavy (non-hydrogen) atoms. The molecule has 118 valence electrons. The number of aromatic nitrogens is 2. The zero-order valence-electron chi connectivity index (χ0n) is 12.9. The summed E-state index contributed by atoms with van der Waals surface area (Å²) in [4.78, 5) is 11.2. The Labute approximate surface area is 130 Å². The van der Waals surface area contributed by atoms with Crippen molar-refractivity contribution in [3.63, 3.8) is 0 Å². The van der Waals surface area contributed by atoms with Crippen LogP contribution in [0.1, 0.15) is 18.3 Å². The van der Waals surface area contributed by atoms with Gasteiger partial charge in [0.25, 0.3) is 0 Å². The summed E-state index contributed by atoms with van der Waals surface area (Å²) in [5.74, 6) is -0.197. The van der Waals surface area contributed by atoms with Gasteiger partial charge in [0.05, 0.1) is 11.4 Å². The quantitative estimate of drug-likeness (QED) is 0.753. The summed E-state index contributed by atoms with van der Waals surface area (Å²) in [6.45, 7) is 4.99. The van der Waals surface area contributed by atoms with Gasteiger partial charge in [0.1, 0.15) is 5.69 Å². The molecule has 1 amide bonds. The maximum atomic E-state index is 12.5. The summed E-state index contributed by atoms with van der Waals surface area (Å²) in [5.41, 5.74) is 2.53. The van der Waals surface area contributed by atoms with Crippen LogP contribution in [0.3, 0.4) is 0 Å². The molecular weight excluding hydrogens is 304 g/mol. The molecule has 1 atom stereocenters. The van der Waals surface area contributed by atoms with Crippen LogP contribution in [0.15, 0.2) is 29.2 Å². The van der Waals surface area contributed by atoms with Crippen LogP contribution in [0, 0.1) is 13.8 Å². The summed E-state index contributed by atoms with van der Waals surface area (Å²) in [7, 11) is -1.68. The SMILES string of the molecule is CC(=O)Nc1ccc([S+](=O)(O)Nc2c(C)nn(C)c2C)cc1. The van der Waals surface area contributed by atoms with Crippen molar-refractivity contribution in [2.24, 2.45) is 7.05 Å². The number of benzene rings is 1. The Hall–Kier alpha value is -2.19. The lowest BCUT2D eigenvalue weighted by molar-refractivity contribution is -0.114. The second kappa shape index (κ2) is 5.90. The van der Waals surface area contributed by atoms with E-state index in [0.717, 1.165) is 5.69 Å². The maximum absolute atomic E-state index is 12.5. The predicted octanol–water partition coefficient (Wildman–Crippen LogP) is 2.35. The highest BCUT2D eigenvalue weighted by atomic mass is 32.3. The fourth-order valence-corrected chi connectivity index (χ4v) is 3.24. The molecule has 1 unspecified atom stereocenters. The van der Waals surface area contributed by atoms with Crippen molar-refractivity contribution < 1.29 is 13.6 Å². The lowest BCUT2D eigenvalue weighted by Gasteiger charge is -2.08. The average molecular weight is 323 g/mol. The van der Waals surface area contributed by atoms with Crippen molar-refractivity contribution in [2.45, 2.75) is 25.7 Å². The van der Waals surface area contributed by atoms with Crippen LogP contribution in [-0.4, -0.2) is 20.2 Å². The van der Waals surface area contributed by atoms with Crippen LogP contribution in [0.4, 0.5) is 11.4 Å². The van der Waals surface area contributed by atoms with Gasteiger partial charge in [-0.25, -0.2) is 0 Å². The fraction of sp³-hybridized carbons (Fsp3) is 0.286. The van der Waals surface area contributed by atoms with Gasteiger partial charge in [-0.2, -0.15) is 14.4 Å². The van der Waals surface area contributed by atoms with Gasteiger partial charge in [0.15, 0.2) is 0 Å². The number of rotatable bonds is 4. The van der Waals surface area contributed by atoms with E-state index in [9.17, 15) is 13.6 Å². The van der Waals surface area contributed by atoms with Crippen LogP contribution >= 0.6 is 0 Å². The van der Waals surface area contributed by atoms with Crippen LogP contribution in [0.2, 0.25) is 0 Å². The number of aryl methyl sites for hydroxylation is 2. The Kier molecular flexibility index (Phi) is 4.34. The smallest absolute Gasteiger partial charge is 0.326 e. The first-order chi connectivity index (χ1) is 10.2. The van der Waals surface area contributed by atoms with E-state index in [2.05, 4.69) is 15.1 Å². The number of nitrogens with zero attached hydrogens (tertiary/aromatic N) is 2. The monoisotopic (exact) mass is 323 g/mol. The van der Waals surface area contributed by atoms with Gasteiger partial charge in [-0.3, -0.25) is 9.48 Å². The number of carbonyl (C=O) groups excluding carboxylic acids is 1. The van der Waals surface area contributed by atoms with Gasteiger partial charge in [0.2, 0.25) is 10.8 Å². The number of amides is 1. The molecule has 0 fully saturated rings. The highest BCUT2D eigenvalue weighted by Gasteiger charge is 2.31. The minimum atomic E-state index is -3.46. The third kappa shape index (κ3) is 3.34. The number of carbonyl (C=O) groups is 1. The molecule has 0 radical (unpaired) electrons. The Morgan fingerprint density at radius 2 is 1.86 bits per heavy atom. The summed E-state index contributed by atoms with van der Waals surface area (Å²) >= 11 is 0. The molecule has 2 rings (SSSR count). The van der Waals surface area contributed by atoms with Crippen LogP contribution in [0.5, 0.6) is 0 Å². The number of nitrogens with one attached hydrogen (secondary N) is 2. The molecule has 0 bridgehead atoms. The summed E-state index contributed by atoms with van der Waals surface area (Å²) in [5, 5.41) is 6.81. The second-order valence-corrected chi connectivity index (χ2v) is 6.73. The number of hydrogen-bond acceptors (Lipinski definition) is 3. The molecule has 0 aliphatic heterocycles. The Morgan fingerprint density at radius 3 is 2.32 bits per heavy atom. The van der Waals surface area contributed by atoms with Crippen molar-refractivity contribution in [1.82, 2.24) is 9.78 Å². The Morgan fingerprint density at radius 1 is 1.27 bits per heavy atom. The summed E-state index contributed by atoms with van der Waals surface area (Å²) < 4.78 is 27.1. The maximum Gasteiger partial charge on any atom is 0.346 e. The molecule has 0 aliphatic carbocycles. The van der Waals surface area contributed by atoms with Crippen molar-refractivity contribution in [3.8, 4) is 0 Å². The van der Waals surface area contributed by atoms with E-state index in [1.54, 1.807) is 30.8 Å². The minimum Gasteiger partial charge on any atom is -0.326 e. The lowest BCUT2D eigenvalue weighted by atomic mass is 10.3. The first-order valence-electron chi connectivity index (χ1n) is 6.63. The second-order valence-electron chi connectivity index (χ2n) is 5.00. The molecule has 1 aromatic carbocycles. The molecule has 0 aliphatic rings. The van der Waals surface area contributed by atoms with E-state index in [0.29, 0.717) is 17.1 Å². The van der Waals surface area contributed by atoms with E-state index < -0.39 is 10.4 Å². The van der Waals surface area contributed by atoms with Crippen LogP contribution in [-0.2, 0) is 26.5 Å². The molecule has 7 nitrogen and oxygen atoms in total. The molecule has 8 heteroatoms. The minimum absolute atomic E-state index is 0.197. The first-order valence-corrected chi connectivity index (χ1v) is 8.14. The van der Waals surface area contributed by atoms with Crippen LogP contribution < -0.4 is 10.0 Å². The molecule has 3 N–H and O–H groups in total. The zero-order valence-corrected chi connectivity index (χ0v) is 13.7. The highest BCUT2D eigenvalue weighted by Crippen LogP contribution is 2.26. The Balaban J connectivity index is 2.26. The van der Waals surface area contributed by atoms with Gasteiger partial charge in [-0.1, -0.05) is 0 Å². The highest BCUT2D eigenvalue weighted by molar-refractivity contribution is 7.99. The zero-order chi connectivity index (χ0) is 16.5. The molecule has 0 saturated carbocycles. The van der Waals surface area contributed by atoms with E-state index in [1.807, 2.05) is 6.92 Å². The van der Waals surface area contributed by atoms with E-state index >= 15 is 0 Å². The van der Waals surface area contributed by atoms with Gasteiger partial charge < -0.3 is 5.32 Å². The van der Waals surface area contributed by atoms with Gasteiger partial charge >= 0.3 is 10.4 Å². The van der Waals surface area contributed by atoms with Crippen molar-refractivity contribution in [1.29, 1.82) is 0 Å². The molecule has 0 spiro atoms. The van der Waals surface area contributed by atoms with E-state index in [4.69, 9.17) is 0 Å². The van der Waals surface area contributed by atoms with Crippen molar-refractivity contribution in [2.75, 3.05) is 10.0 Å². The summed E-state index contributed by atoms with van der Waals surface area (Å²) in [6.07, 6.45) is 0. The van der Waals surface area contributed by atoms with Crippen LogP contribution in [0.25, 0.3) is 0 Å². The number of hydrogen-bond donors (Lipinski definition) is 3. The standard InChI is InChI=1S/C14H18N4O3S/c1-9-14(10(2)18(4)16-9)17-22(20,21)13-7-5-12(6-8-13)15-11(3)19/h5-8H,1-4H3,(H2-,15,17,19,20,21)/p+1. The molecular formula is C14H19N4O3S+. The average Bonchev–Trinajstić information content (AvgIpc) is 2.65. The van der Waals surface area contributed by atoms with E-state index in [1.165, 1.54) is 19.1 Å². The Bertz CT molecular complexity index is 752. The third-order valence-electron chi connectivity index (χ3n) is 3.24.